The molecular weight excluding hydrogens is 570 g/mol. The van der Waals surface area contributed by atoms with Crippen LogP contribution in [0, 0.1) is 11.6 Å². The summed E-state index contributed by atoms with van der Waals surface area (Å²) in [7, 11) is 0. The second kappa shape index (κ2) is 17.5. The van der Waals surface area contributed by atoms with E-state index in [9.17, 15) is 28.0 Å². The van der Waals surface area contributed by atoms with Crippen LogP contribution in [0.2, 0.25) is 0 Å². The Morgan fingerprint density at radius 3 is 1.65 bits per heavy atom. The fourth-order valence-electron chi connectivity index (χ4n) is 4.93. The molecule has 5 N–H and O–H groups in total. The summed E-state index contributed by atoms with van der Waals surface area (Å²) in [5, 5.41) is 40.4. The Labute approximate surface area is 246 Å². The molecule has 0 bridgehead atoms. The summed E-state index contributed by atoms with van der Waals surface area (Å²) in [6, 6.07) is 12.1. The Morgan fingerprint density at radius 1 is 0.698 bits per heavy atom. The third kappa shape index (κ3) is 12.1. The van der Waals surface area contributed by atoms with Gasteiger partial charge in [-0.05, 0) is 53.8 Å². The van der Waals surface area contributed by atoms with Gasteiger partial charge in [0.05, 0.1) is 6.61 Å². The van der Waals surface area contributed by atoms with Crippen molar-refractivity contribution in [2.75, 3.05) is 39.3 Å². The number of aliphatic hydroxyl groups excluding tert-OH is 1. The molecule has 1 saturated heterocycles. The molecule has 2 aromatic carbocycles. The second-order valence-corrected chi connectivity index (χ2v) is 9.59. The van der Waals surface area contributed by atoms with Crippen LogP contribution in [0.3, 0.4) is 0 Å². The maximum atomic E-state index is 14.1. The Hall–Kier alpha value is -4.46. The minimum Gasteiger partial charge on any atom is -0.478 e. The molecule has 2 aromatic rings. The summed E-state index contributed by atoms with van der Waals surface area (Å²) in [4.78, 5) is 42.9. The highest BCUT2D eigenvalue weighted by Crippen LogP contribution is 2.44. The van der Waals surface area contributed by atoms with Crippen LogP contribution >= 0.6 is 0 Å². The van der Waals surface area contributed by atoms with Gasteiger partial charge in [0.15, 0.2) is 0 Å². The average Bonchev–Trinajstić information content (AvgIpc) is 2.96. The number of nitrogens with zero attached hydrogens (tertiary/aromatic N) is 2. The minimum absolute atomic E-state index is 0.188. The Bertz CT molecular complexity index is 1240. The molecule has 4 rings (SSSR count). The molecular formula is C30H34F2N2O9. The van der Waals surface area contributed by atoms with Crippen molar-refractivity contribution in [3.63, 3.8) is 0 Å². The molecule has 1 heterocycles. The normalized spacial score (nSPS) is 18.6. The number of β-amino-alcohol motifs (C(OH)–C–C–N with tert-alkyl or cyclic N) is 1. The van der Waals surface area contributed by atoms with E-state index >= 15 is 0 Å². The van der Waals surface area contributed by atoms with Crippen LogP contribution in [-0.4, -0.2) is 98.5 Å². The first kappa shape index (κ1) is 34.7. The van der Waals surface area contributed by atoms with Gasteiger partial charge in [0, 0.05) is 69.0 Å². The van der Waals surface area contributed by atoms with Gasteiger partial charge in [-0.15, -0.1) is 0 Å². The van der Waals surface area contributed by atoms with Gasteiger partial charge in [0.1, 0.15) is 11.6 Å². The molecule has 2 atom stereocenters. The number of rotatable bonds is 8. The molecule has 0 spiro atoms. The first-order valence-corrected chi connectivity index (χ1v) is 13.3. The number of hydrogen-bond acceptors (Lipinski definition) is 7. The second-order valence-electron chi connectivity index (χ2n) is 9.59. The molecule has 0 amide bonds. The van der Waals surface area contributed by atoms with Crippen LogP contribution in [0.25, 0.3) is 0 Å². The minimum atomic E-state index is -1.26. The van der Waals surface area contributed by atoms with Crippen molar-refractivity contribution in [1.82, 2.24) is 9.80 Å². The van der Waals surface area contributed by atoms with Gasteiger partial charge in [-0.25, -0.2) is 28.0 Å². The smallest absolute Gasteiger partial charge is 0.328 e. The van der Waals surface area contributed by atoms with Gasteiger partial charge in [0.2, 0.25) is 0 Å². The van der Waals surface area contributed by atoms with E-state index < -0.39 is 23.9 Å². The lowest BCUT2D eigenvalue weighted by Crippen LogP contribution is -2.48. The number of aliphatic hydroxyl groups is 1. The Balaban J connectivity index is 0.000000334. The Kier molecular flexibility index (Phi) is 14.1. The number of carbonyl (C=O) groups is 4. The fraction of sp³-hybridized carbons (Fsp3) is 0.333. The van der Waals surface area contributed by atoms with Crippen LogP contribution in [0.15, 0.2) is 66.8 Å². The van der Waals surface area contributed by atoms with E-state index in [2.05, 4.69) is 9.80 Å². The highest BCUT2D eigenvalue weighted by molar-refractivity contribution is 5.90. The molecule has 0 saturated carbocycles. The van der Waals surface area contributed by atoms with Crippen LogP contribution in [-0.2, 0) is 19.2 Å². The van der Waals surface area contributed by atoms with E-state index in [1.54, 1.807) is 6.07 Å². The fourth-order valence-corrected chi connectivity index (χ4v) is 4.93. The standard InChI is InChI=1S/C22H26F2N2O.2C4H4O4/c23-17-3-1-16(2-4-17)19-7-8-22(21-15-18(24)5-6-20(19)21)26-11-9-25(10-12-26)13-14-27;2*5-3(6)1-2-4(7)8/h1-6,15,19,22,27H,7-14H2;2*1-2H,(H,5,6)(H,7,8)/b;2*2-1-. The number of fused-ring (bicyclic) bond motifs is 1. The predicted molar refractivity (Wildman–Crippen MR) is 151 cm³/mol. The number of aliphatic carboxylic acids is 4. The number of piperazine rings is 1. The number of carboxylic acids is 4. The lowest BCUT2D eigenvalue weighted by atomic mass is 9.76. The van der Waals surface area contributed by atoms with Crippen molar-refractivity contribution in [2.45, 2.75) is 24.8 Å². The largest absolute Gasteiger partial charge is 0.478 e. The Morgan fingerprint density at radius 2 is 1.19 bits per heavy atom. The first-order valence-electron chi connectivity index (χ1n) is 13.3. The first-order chi connectivity index (χ1) is 20.4. The van der Waals surface area contributed by atoms with Crippen molar-refractivity contribution in [1.29, 1.82) is 0 Å². The van der Waals surface area contributed by atoms with E-state index in [4.69, 9.17) is 25.5 Å². The highest BCUT2D eigenvalue weighted by Gasteiger charge is 2.33. The molecule has 1 fully saturated rings. The SMILES string of the molecule is O=C(O)/C=C\C(=O)O.O=C(O)/C=C\C(=O)O.OCCN1CCN(C2CCC(c3ccc(F)cc3)c3ccc(F)cc32)CC1. The van der Waals surface area contributed by atoms with Crippen molar-refractivity contribution in [3.05, 3.63) is 95.1 Å². The zero-order chi connectivity index (χ0) is 31.9. The van der Waals surface area contributed by atoms with E-state index in [1.807, 2.05) is 18.2 Å². The van der Waals surface area contributed by atoms with Crippen LogP contribution in [0.4, 0.5) is 8.78 Å². The van der Waals surface area contributed by atoms with Crippen LogP contribution < -0.4 is 0 Å². The predicted octanol–water partition coefficient (Wildman–Crippen LogP) is 2.97. The number of carboxylic acid groups (broad SMARTS) is 4. The van der Waals surface area contributed by atoms with Crippen molar-refractivity contribution >= 4 is 23.9 Å². The summed E-state index contributed by atoms with van der Waals surface area (Å²) >= 11 is 0. The van der Waals surface area contributed by atoms with E-state index in [-0.39, 0.29) is 30.2 Å². The molecule has 0 radical (unpaired) electrons. The summed E-state index contributed by atoms with van der Waals surface area (Å²) in [5.41, 5.74) is 3.33. The van der Waals surface area contributed by atoms with Crippen molar-refractivity contribution in [3.8, 4) is 0 Å². The number of benzene rings is 2. The average molecular weight is 605 g/mol. The van der Waals surface area contributed by atoms with Crippen molar-refractivity contribution < 1.29 is 53.5 Å². The van der Waals surface area contributed by atoms with Gasteiger partial charge in [-0.3, -0.25) is 9.80 Å². The van der Waals surface area contributed by atoms with Gasteiger partial charge in [-0.2, -0.15) is 0 Å². The third-order valence-electron chi connectivity index (χ3n) is 6.79. The summed E-state index contributed by atoms with van der Waals surface area (Å²) < 4.78 is 27.4. The maximum Gasteiger partial charge on any atom is 0.328 e. The van der Waals surface area contributed by atoms with Crippen molar-refractivity contribution in [2.24, 2.45) is 0 Å². The molecule has 2 unspecified atom stereocenters. The van der Waals surface area contributed by atoms with E-state index in [0.29, 0.717) is 24.3 Å². The lowest BCUT2D eigenvalue weighted by Gasteiger charge is -2.43. The summed E-state index contributed by atoms with van der Waals surface area (Å²) in [6.07, 6.45) is 4.18. The molecule has 0 aromatic heterocycles. The summed E-state index contributed by atoms with van der Waals surface area (Å²) in [5.74, 6) is -5.27. The molecule has 13 heteroatoms. The van der Waals surface area contributed by atoms with E-state index in [0.717, 1.165) is 62.3 Å². The van der Waals surface area contributed by atoms with Gasteiger partial charge in [-0.1, -0.05) is 18.2 Å². The van der Waals surface area contributed by atoms with Gasteiger partial charge < -0.3 is 25.5 Å². The topological polar surface area (TPSA) is 176 Å². The van der Waals surface area contributed by atoms with Crippen LogP contribution in [0.1, 0.15) is 41.5 Å². The van der Waals surface area contributed by atoms with Gasteiger partial charge in [0.25, 0.3) is 0 Å². The molecule has 1 aliphatic carbocycles. The number of halogens is 2. The van der Waals surface area contributed by atoms with Gasteiger partial charge >= 0.3 is 23.9 Å². The monoisotopic (exact) mass is 604 g/mol. The molecule has 11 nitrogen and oxygen atoms in total. The van der Waals surface area contributed by atoms with Crippen LogP contribution in [0.5, 0.6) is 0 Å². The zero-order valence-electron chi connectivity index (χ0n) is 23.2. The third-order valence-corrected chi connectivity index (χ3v) is 6.79. The molecule has 232 valence electrons. The zero-order valence-corrected chi connectivity index (χ0v) is 23.2. The molecule has 2 aliphatic rings. The van der Waals surface area contributed by atoms with E-state index in [1.165, 1.54) is 18.2 Å². The quantitative estimate of drug-likeness (QED) is 0.280. The lowest BCUT2D eigenvalue weighted by molar-refractivity contribution is -0.134. The summed E-state index contributed by atoms with van der Waals surface area (Å²) in [6.45, 7) is 4.64. The maximum absolute atomic E-state index is 14.1. The highest BCUT2D eigenvalue weighted by atomic mass is 19.1. The number of hydrogen-bond donors (Lipinski definition) is 5. The molecule has 1 aliphatic heterocycles. The molecule has 43 heavy (non-hydrogen) atoms.